The molecule has 2 aromatic carbocycles. The van der Waals surface area contributed by atoms with E-state index in [9.17, 15) is 0 Å². The number of nitrogens with zero attached hydrogens (tertiary/aromatic N) is 4. The van der Waals surface area contributed by atoms with E-state index in [1.54, 1.807) is 16.9 Å². The molecule has 5 nitrogen and oxygen atoms in total. The number of pyridine rings is 1. The lowest BCUT2D eigenvalue weighted by molar-refractivity contribution is 0.827. The fraction of sp³-hybridized carbons (Fsp3) is 0.0455. The first kappa shape index (κ1) is 17.9. The molecule has 0 saturated heterocycles. The van der Waals surface area contributed by atoms with Gasteiger partial charge in [0.2, 0.25) is 0 Å². The largest absolute Gasteiger partial charge is 0.361 e. The fourth-order valence-electron chi connectivity index (χ4n) is 3.36. The van der Waals surface area contributed by atoms with Crippen LogP contribution in [0.2, 0.25) is 10.0 Å². The van der Waals surface area contributed by atoms with Gasteiger partial charge in [-0.1, -0.05) is 71.7 Å². The van der Waals surface area contributed by atoms with Crippen LogP contribution in [0.5, 0.6) is 0 Å². The minimum absolute atomic E-state index is 0.415. The highest BCUT2D eigenvalue weighted by molar-refractivity contribution is 6.35. The smallest absolute Gasteiger partial charge is 0.174 e. The molecule has 0 aliphatic heterocycles. The molecule has 0 spiro atoms. The molecule has 0 radical (unpaired) electrons. The van der Waals surface area contributed by atoms with E-state index in [1.165, 1.54) is 0 Å². The Bertz CT molecular complexity index is 1310. The van der Waals surface area contributed by atoms with Crippen molar-refractivity contribution in [3.63, 3.8) is 0 Å². The summed E-state index contributed by atoms with van der Waals surface area (Å²) in [5, 5.41) is 6.78. The molecule has 0 atom stereocenters. The maximum Gasteiger partial charge on any atom is 0.174 e. The first-order valence-electron chi connectivity index (χ1n) is 9.07. The fourth-order valence-corrected chi connectivity index (χ4v) is 3.82. The third-order valence-electron chi connectivity index (χ3n) is 4.70. The second-order valence-corrected chi connectivity index (χ2v) is 7.47. The standard InChI is InChI=1S/C22H15Cl2N5/c23-16-11-18(24)22(26-13-16)29-21(14-6-2-1-3-7-14)27-20(28-29)10-15-12-25-19-9-5-4-8-17(15)19/h1-9,11-13,25H,10H2. The van der Waals surface area contributed by atoms with Gasteiger partial charge >= 0.3 is 0 Å². The van der Waals surface area contributed by atoms with Gasteiger partial charge in [0.05, 0.1) is 10.0 Å². The van der Waals surface area contributed by atoms with E-state index in [0.29, 0.717) is 33.9 Å². The van der Waals surface area contributed by atoms with Crippen molar-refractivity contribution in [1.29, 1.82) is 0 Å². The number of rotatable bonds is 4. The van der Waals surface area contributed by atoms with Crippen molar-refractivity contribution in [2.24, 2.45) is 0 Å². The maximum atomic E-state index is 6.41. The number of halogens is 2. The Morgan fingerprint density at radius 1 is 0.966 bits per heavy atom. The summed E-state index contributed by atoms with van der Waals surface area (Å²) in [7, 11) is 0. The Morgan fingerprint density at radius 3 is 2.59 bits per heavy atom. The Kier molecular flexibility index (Phi) is 4.54. The summed E-state index contributed by atoms with van der Waals surface area (Å²) in [5.74, 6) is 1.85. The average molecular weight is 420 g/mol. The molecule has 0 aliphatic rings. The summed E-state index contributed by atoms with van der Waals surface area (Å²) >= 11 is 12.4. The summed E-state index contributed by atoms with van der Waals surface area (Å²) < 4.78 is 1.68. The molecule has 3 heterocycles. The number of H-pyrrole nitrogens is 1. The summed E-state index contributed by atoms with van der Waals surface area (Å²) in [6.07, 6.45) is 4.14. The van der Waals surface area contributed by atoms with Gasteiger partial charge in [-0.05, 0) is 17.7 Å². The Morgan fingerprint density at radius 2 is 1.76 bits per heavy atom. The molecule has 0 saturated carbocycles. The van der Waals surface area contributed by atoms with Crippen LogP contribution in [0.15, 0.2) is 73.1 Å². The third-order valence-corrected chi connectivity index (χ3v) is 5.18. The van der Waals surface area contributed by atoms with Crippen LogP contribution in [0.4, 0.5) is 0 Å². The van der Waals surface area contributed by atoms with Crippen LogP contribution in [0, 0.1) is 0 Å². The topological polar surface area (TPSA) is 59.4 Å². The average Bonchev–Trinajstić information content (AvgIpc) is 3.34. The number of fused-ring (bicyclic) bond motifs is 1. The number of hydrogen-bond donors (Lipinski definition) is 1. The second kappa shape index (κ2) is 7.35. The van der Waals surface area contributed by atoms with E-state index in [0.717, 1.165) is 22.0 Å². The van der Waals surface area contributed by atoms with Crippen LogP contribution in [-0.4, -0.2) is 24.7 Å². The first-order chi connectivity index (χ1) is 14.2. The Hall–Kier alpha value is -3.15. The van der Waals surface area contributed by atoms with Crippen molar-refractivity contribution in [3.05, 3.63) is 94.5 Å². The van der Waals surface area contributed by atoms with E-state index in [1.807, 2.05) is 48.7 Å². The number of aromatic amines is 1. The maximum absolute atomic E-state index is 6.41. The van der Waals surface area contributed by atoms with Gasteiger partial charge in [-0.25, -0.2) is 9.97 Å². The van der Waals surface area contributed by atoms with Crippen molar-refractivity contribution in [1.82, 2.24) is 24.7 Å². The van der Waals surface area contributed by atoms with Crippen molar-refractivity contribution in [2.75, 3.05) is 0 Å². The van der Waals surface area contributed by atoms with Crippen molar-refractivity contribution < 1.29 is 0 Å². The molecule has 29 heavy (non-hydrogen) atoms. The molecule has 142 valence electrons. The molecule has 5 rings (SSSR count). The number of benzene rings is 2. The number of nitrogens with one attached hydrogen (secondary N) is 1. The van der Waals surface area contributed by atoms with Crippen molar-refractivity contribution >= 4 is 34.1 Å². The second-order valence-electron chi connectivity index (χ2n) is 6.62. The molecule has 1 N–H and O–H groups in total. The van der Waals surface area contributed by atoms with Gasteiger partial charge in [-0.2, -0.15) is 4.68 Å². The summed E-state index contributed by atoms with van der Waals surface area (Å²) in [4.78, 5) is 12.5. The van der Waals surface area contributed by atoms with Crippen LogP contribution in [-0.2, 0) is 6.42 Å². The minimum Gasteiger partial charge on any atom is -0.361 e. The van der Waals surface area contributed by atoms with Crippen LogP contribution in [0.3, 0.4) is 0 Å². The highest BCUT2D eigenvalue weighted by Gasteiger charge is 2.18. The van der Waals surface area contributed by atoms with Crippen LogP contribution in [0.25, 0.3) is 28.1 Å². The molecule has 0 amide bonds. The molecular formula is C22H15Cl2N5. The van der Waals surface area contributed by atoms with Gasteiger partial charge in [0.1, 0.15) is 0 Å². The van der Waals surface area contributed by atoms with Crippen molar-refractivity contribution in [3.8, 4) is 17.2 Å². The van der Waals surface area contributed by atoms with Crippen LogP contribution in [0.1, 0.15) is 11.4 Å². The van der Waals surface area contributed by atoms with Gasteiger partial charge in [-0.3, -0.25) is 0 Å². The molecule has 5 aromatic rings. The Labute approximate surface area is 177 Å². The lowest BCUT2D eigenvalue weighted by atomic mass is 10.1. The number of aromatic nitrogens is 5. The Balaban J connectivity index is 1.63. The van der Waals surface area contributed by atoms with Gasteiger partial charge < -0.3 is 4.98 Å². The number of hydrogen-bond acceptors (Lipinski definition) is 3. The highest BCUT2D eigenvalue weighted by Crippen LogP contribution is 2.27. The van der Waals surface area contributed by atoms with Gasteiger partial charge in [0.15, 0.2) is 17.5 Å². The lowest BCUT2D eigenvalue weighted by Crippen LogP contribution is -2.03. The van der Waals surface area contributed by atoms with E-state index in [2.05, 4.69) is 22.1 Å². The molecular weight excluding hydrogens is 405 g/mol. The lowest BCUT2D eigenvalue weighted by Gasteiger charge is -2.07. The van der Waals surface area contributed by atoms with Crippen molar-refractivity contribution in [2.45, 2.75) is 6.42 Å². The van der Waals surface area contributed by atoms with Gasteiger partial charge in [0.25, 0.3) is 0 Å². The first-order valence-corrected chi connectivity index (χ1v) is 9.82. The normalized spacial score (nSPS) is 11.2. The van der Waals surface area contributed by atoms with E-state index in [-0.39, 0.29) is 0 Å². The number of para-hydroxylation sites is 1. The van der Waals surface area contributed by atoms with Gasteiger partial charge in [0, 0.05) is 35.3 Å². The predicted molar refractivity (Wildman–Crippen MR) is 116 cm³/mol. The molecule has 7 heteroatoms. The van der Waals surface area contributed by atoms with E-state index >= 15 is 0 Å². The molecule has 0 fully saturated rings. The molecule has 0 unspecified atom stereocenters. The predicted octanol–water partition coefficient (Wildman–Crippen LogP) is 5.71. The molecule has 0 aliphatic carbocycles. The van der Waals surface area contributed by atoms with Crippen LogP contribution < -0.4 is 0 Å². The summed E-state index contributed by atoms with van der Waals surface area (Å²) in [5.41, 5.74) is 3.15. The SMILES string of the molecule is Clc1cnc(-n2nc(Cc3c[nH]c4ccccc34)nc2-c2ccccc2)c(Cl)c1. The zero-order valence-corrected chi connectivity index (χ0v) is 16.7. The zero-order valence-electron chi connectivity index (χ0n) is 15.2. The zero-order chi connectivity index (χ0) is 19.8. The molecule has 3 aromatic heterocycles. The monoisotopic (exact) mass is 419 g/mol. The molecule has 0 bridgehead atoms. The van der Waals surface area contributed by atoms with Gasteiger partial charge in [-0.15, -0.1) is 5.10 Å². The van der Waals surface area contributed by atoms with E-state index in [4.69, 9.17) is 33.3 Å². The minimum atomic E-state index is 0.415. The third kappa shape index (κ3) is 3.39. The summed E-state index contributed by atoms with van der Waals surface area (Å²) in [6.45, 7) is 0. The van der Waals surface area contributed by atoms with Crippen LogP contribution >= 0.6 is 23.2 Å². The quantitative estimate of drug-likeness (QED) is 0.405. The van der Waals surface area contributed by atoms with E-state index < -0.39 is 0 Å². The summed E-state index contributed by atoms with van der Waals surface area (Å²) in [6, 6.07) is 19.7. The highest BCUT2D eigenvalue weighted by atomic mass is 35.5.